The van der Waals surface area contributed by atoms with E-state index in [2.05, 4.69) is 22.9 Å². The van der Waals surface area contributed by atoms with Crippen molar-refractivity contribution in [3.05, 3.63) is 54.1 Å². The SMILES string of the molecule is CC(=O)C1(C(C#C[Se]c2ccccc2)c2ccc3c(c2)OCO3)CCCCC1=O. The number of ketones is 2. The van der Waals surface area contributed by atoms with Gasteiger partial charge in [0.1, 0.15) is 0 Å². The first-order valence-electron chi connectivity index (χ1n) is 9.77. The molecule has 1 aliphatic carbocycles. The summed E-state index contributed by atoms with van der Waals surface area (Å²) >= 11 is -0.0501. The monoisotopic (exact) mass is 454 g/mol. The van der Waals surface area contributed by atoms with Gasteiger partial charge in [0.05, 0.1) is 0 Å². The standard InChI is InChI=1S/C24H22O4Se/c1-17(25)24(13-6-5-9-23(24)26)20(12-14-29-19-7-3-2-4-8-19)18-10-11-21-22(15-18)28-16-27-21/h2-4,7-8,10-11,15,20H,5-6,9,13,16H2,1H3. The van der Waals surface area contributed by atoms with Crippen LogP contribution in [0.5, 0.6) is 11.5 Å². The van der Waals surface area contributed by atoms with E-state index in [1.165, 1.54) is 11.4 Å². The summed E-state index contributed by atoms with van der Waals surface area (Å²) in [4.78, 5) is 29.3. The van der Waals surface area contributed by atoms with Crippen LogP contribution >= 0.6 is 0 Å². The topological polar surface area (TPSA) is 52.6 Å². The Kier molecular flexibility index (Phi) is 5.76. The summed E-state index contributed by atoms with van der Waals surface area (Å²) in [7, 11) is 0. The van der Waals surface area contributed by atoms with Gasteiger partial charge in [0.25, 0.3) is 0 Å². The normalized spacial score (nSPS) is 21.2. The molecule has 1 fully saturated rings. The number of ether oxygens (including phenoxy) is 2. The molecule has 0 spiro atoms. The molecule has 5 heteroatoms. The van der Waals surface area contributed by atoms with Crippen LogP contribution in [0.3, 0.4) is 0 Å². The van der Waals surface area contributed by atoms with Crippen LogP contribution in [-0.2, 0) is 9.59 Å². The van der Waals surface area contributed by atoms with Crippen LogP contribution < -0.4 is 13.9 Å². The van der Waals surface area contributed by atoms with Gasteiger partial charge >= 0.3 is 177 Å². The van der Waals surface area contributed by atoms with E-state index in [-0.39, 0.29) is 33.3 Å². The Balaban J connectivity index is 1.76. The second-order valence-electron chi connectivity index (χ2n) is 7.37. The van der Waals surface area contributed by atoms with Crippen molar-refractivity contribution in [2.24, 2.45) is 5.41 Å². The molecule has 0 N–H and O–H groups in total. The Labute approximate surface area is 177 Å². The van der Waals surface area contributed by atoms with Crippen molar-refractivity contribution >= 4 is 31.0 Å². The molecule has 2 atom stereocenters. The van der Waals surface area contributed by atoms with Crippen LogP contribution in [0.25, 0.3) is 0 Å². The van der Waals surface area contributed by atoms with Crippen LogP contribution in [0.1, 0.15) is 44.1 Å². The molecule has 148 valence electrons. The van der Waals surface area contributed by atoms with E-state index < -0.39 is 11.3 Å². The number of rotatable bonds is 4. The van der Waals surface area contributed by atoms with Crippen molar-refractivity contribution in [2.45, 2.75) is 38.5 Å². The Morgan fingerprint density at radius 2 is 1.90 bits per heavy atom. The first-order chi connectivity index (χ1) is 14.1. The van der Waals surface area contributed by atoms with Crippen LogP contribution in [0, 0.1) is 16.2 Å². The minimum absolute atomic E-state index is 0.0143. The zero-order valence-corrected chi connectivity index (χ0v) is 18.0. The quantitative estimate of drug-likeness (QED) is 0.406. The summed E-state index contributed by atoms with van der Waals surface area (Å²) in [5, 5.41) is 0. The van der Waals surface area contributed by atoms with Gasteiger partial charge in [-0.15, -0.1) is 0 Å². The van der Waals surface area contributed by atoms with Crippen molar-refractivity contribution in [1.29, 1.82) is 0 Å². The molecule has 0 amide bonds. The van der Waals surface area contributed by atoms with Gasteiger partial charge in [-0.3, -0.25) is 0 Å². The molecule has 2 aliphatic rings. The number of hydrogen-bond donors (Lipinski definition) is 0. The van der Waals surface area contributed by atoms with Crippen molar-refractivity contribution in [1.82, 2.24) is 0 Å². The van der Waals surface area contributed by atoms with Gasteiger partial charge < -0.3 is 0 Å². The average Bonchev–Trinajstić information content (AvgIpc) is 3.20. The van der Waals surface area contributed by atoms with E-state index >= 15 is 0 Å². The summed E-state index contributed by atoms with van der Waals surface area (Å²) in [5.74, 6) is 4.11. The molecule has 4 nitrogen and oxygen atoms in total. The molecule has 1 saturated carbocycles. The molecular weight excluding hydrogens is 431 g/mol. The fourth-order valence-corrected chi connectivity index (χ4v) is 5.39. The summed E-state index contributed by atoms with van der Waals surface area (Å²) in [6, 6.07) is 15.7. The third-order valence-corrected chi connectivity index (χ3v) is 7.22. The molecule has 2 unspecified atom stereocenters. The molecule has 0 saturated heterocycles. The van der Waals surface area contributed by atoms with Crippen LogP contribution in [0.4, 0.5) is 0 Å². The molecule has 2 aromatic carbocycles. The van der Waals surface area contributed by atoms with E-state index in [0.717, 1.165) is 18.4 Å². The van der Waals surface area contributed by atoms with E-state index in [1.807, 2.05) is 36.4 Å². The van der Waals surface area contributed by atoms with Gasteiger partial charge in [0.15, 0.2) is 0 Å². The van der Waals surface area contributed by atoms with Gasteiger partial charge in [-0.05, 0) is 0 Å². The molecule has 1 aliphatic heterocycles. The Morgan fingerprint density at radius 1 is 1.10 bits per heavy atom. The zero-order valence-electron chi connectivity index (χ0n) is 16.3. The number of Topliss-reactive ketones (excluding diaryl/α,β-unsaturated/α-hetero) is 2. The predicted molar refractivity (Wildman–Crippen MR) is 112 cm³/mol. The molecule has 29 heavy (non-hydrogen) atoms. The van der Waals surface area contributed by atoms with Crippen LogP contribution in [0.2, 0.25) is 0 Å². The Hall–Kier alpha value is -2.54. The van der Waals surface area contributed by atoms with E-state index in [1.54, 1.807) is 0 Å². The molecule has 4 rings (SSSR count). The summed E-state index contributed by atoms with van der Waals surface area (Å²) in [6.07, 6.45) is 2.68. The van der Waals surface area contributed by atoms with E-state index in [0.29, 0.717) is 24.3 Å². The predicted octanol–water partition coefficient (Wildman–Crippen LogP) is 3.21. The van der Waals surface area contributed by atoms with E-state index in [4.69, 9.17) is 9.47 Å². The van der Waals surface area contributed by atoms with Crippen LogP contribution in [-0.4, -0.2) is 33.3 Å². The van der Waals surface area contributed by atoms with Gasteiger partial charge in [-0.1, -0.05) is 0 Å². The first kappa shape index (κ1) is 19.8. The number of benzene rings is 2. The molecular formula is C24H22O4Se. The van der Waals surface area contributed by atoms with Gasteiger partial charge in [0.2, 0.25) is 0 Å². The van der Waals surface area contributed by atoms with E-state index in [9.17, 15) is 9.59 Å². The van der Waals surface area contributed by atoms with Crippen LogP contribution in [0.15, 0.2) is 48.5 Å². The third-order valence-electron chi connectivity index (χ3n) is 5.69. The molecule has 1 heterocycles. The van der Waals surface area contributed by atoms with Gasteiger partial charge in [-0.2, -0.15) is 0 Å². The molecule has 0 radical (unpaired) electrons. The number of fused-ring (bicyclic) bond motifs is 1. The average molecular weight is 453 g/mol. The summed E-state index contributed by atoms with van der Waals surface area (Å²) < 4.78 is 12.1. The Bertz CT molecular complexity index is 989. The van der Waals surface area contributed by atoms with Crippen molar-refractivity contribution in [3.8, 4) is 22.2 Å². The maximum atomic E-state index is 13.1. The number of carbonyl (C=O) groups is 2. The fraction of sp³-hybridized carbons (Fsp3) is 0.333. The van der Waals surface area contributed by atoms with Crippen molar-refractivity contribution in [2.75, 3.05) is 6.79 Å². The van der Waals surface area contributed by atoms with Crippen molar-refractivity contribution < 1.29 is 19.1 Å². The maximum absolute atomic E-state index is 13.1. The first-order valence-corrected chi connectivity index (χ1v) is 11.5. The zero-order chi connectivity index (χ0) is 20.3. The summed E-state index contributed by atoms with van der Waals surface area (Å²) in [6.45, 7) is 1.72. The van der Waals surface area contributed by atoms with Crippen molar-refractivity contribution in [3.63, 3.8) is 0 Å². The summed E-state index contributed by atoms with van der Waals surface area (Å²) in [5.41, 5.74) is -0.234. The molecule has 0 aromatic heterocycles. The Morgan fingerprint density at radius 3 is 2.66 bits per heavy atom. The fourth-order valence-electron chi connectivity index (χ4n) is 4.15. The number of carbonyl (C=O) groups excluding carboxylic acids is 2. The molecule has 2 aromatic rings. The third kappa shape index (κ3) is 3.83. The second-order valence-corrected chi connectivity index (χ2v) is 9.21. The minimum atomic E-state index is -1.08. The number of hydrogen-bond acceptors (Lipinski definition) is 4. The second kappa shape index (κ2) is 8.45. The van der Waals surface area contributed by atoms with Gasteiger partial charge in [-0.25, -0.2) is 0 Å². The molecule has 0 bridgehead atoms. The van der Waals surface area contributed by atoms with Gasteiger partial charge in [0, 0.05) is 0 Å².